The van der Waals surface area contributed by atoms with Crippen LogP contribution in [-0.4, -0.2) is 21.2 Å². The highest BCUT2D eigenvalue weighted by atomic mass is 15.1. The molecule has 0 saturated carbocycles. The SMILES string of the molecule is Cc1ncnc(Nc2ccc3c(c2)C=NC3)n1. The van der Waals surface area contributed by atoms with E-state index in [1.807, 2.05) is 25.3 Å². The summed E-state index contributed by atoms with van der Waals surface area (Å²) in [5.74, 6) is 1.26. The molecule has 2 aromatic rings. The van der Waals surface area contributed by atoms with E-state index in [-0.39, 0.29) is 0 Å². The van der Waals surface area contributed by atoms with Crippen LogP contribution in [-0.2, 0) is 6.54 Å². The number of rotatable bonds is 2. The first-order chi connectivity index (χ1) is 8.31. The summed E-state index contributed by atoms with van der Waals surface area (Å²) in [5, 5.41) is 3.15. The summed E-state index contributed by atoms with van der Waals surface area (Å²) in [7, 11) is 0. The number of nitrogens with one attached hydrogen (secondary N) is 1. The summed E-state index contributed by atoms with van der Waals surface area (Å²) >= 11 is 0. The van der Waals surface area contributed by atoms with E-state index >= 15 is 0 Å². The Labute approximate surface area is 98.7 Å². The number of aromatic nitrogens is 3. The number of hydrogen-bond acceptors (Lipinski definition) is 5. The Balaban J connectivity index is 1.88. The molecule has 84 valence electrons. The van der Waals surface area contributed by atoms with Crippen LogP contribution in [0.2, 0.25) is 0 Å². The minimum Gasteiger partial charge on any atom is -0.324 e. The van der Waals surface area contributed by atoms with Crippen molar-refractivity contribution in [1.29, 1.82) is 0 Å². The minimum absolute atomic E-state index is 0.562. The fourth-order valence-corrected chi connectivity index (χ4v) is 1.75. The lowest BCUT2D eigenvalue weighted by Crippen LogP contribution is -2.00. The second-order valence-electron chi connectivity index (χ2n) is 3.86. The van der Waals surface area contributed by atoms with Crippen molar-refractivity contribution in [1.82, 2.24) is 15.0 Å². The maximum atomic E-state index is 4.22. The molecule has 0 bridgehead atoms. The molecular weight excluding hydrogens is 214 g/mol. The molecule has 0 fully saturated rings. The molecule has 5 heteroatoms. The average Bonchev–Trinajstić information content (AvgIpc) is 2.76. The lowest BCUT2D eigenvalue weighted by molar-refractivity contribution is 0.981. The number of aliphatic imine (C=N–C) groups is 1. The van der Waals surface area contributed by atoms with Gasteiger partial charge in [0.1, 0.15) is 12.2 Å². The number of fused-ring (bicyclic) bond motifs is 1. The molecule has 0 atom stereocenters. The summed E-state index contributed by atoms with van der Waals surface area (Å²) in [6.07, 6.45) is 3.39. The van der Waals surface area contributed by atoms with Crippen LogP contribution in [0.1, 0.15) is 17.0 Å². The van der Waals surface area contributed by atoms with Crippen LogP contribution < -0.4 is 5.32 Å². The lowest BCUT2D eigenvalue weighted by Gasteiger charge is -2.06. The first-order valence-corrected chi connectivity index (χ1v) is 5.37. The largest absolute Gasteiger partial charge is 0.324 e. The third kappa shape index (κ3) is 1.99. The van der Waals surface area contributed by atoms with Crippen molar-refractivity contribution >= 4 is 17.9 Å². The Morgan fingerprint density at radius 1 is 1.24 bits per heavy atom. The van der Waals surface area contributed by atoms with Gasteiger partial charge in [0.25, 0.3) is 0 Å². The van der Waals surface area contributed by atoms with Crippen molar-refractivity contribution in [2.45, 2.75) is 13.5 Å². The topological polar surface area (TPSA) is 63.1 Å². The molecule has 1 aliphatic heterocycles. The fraction of sp³-hybridized carbons (Fsp3) is 0.167. The van der Waals surface area contributed by atoms with Gasteiger partial charge in [0, 0.05) is 11.9 Å². The number of anilines is 2. The van der Waals surface area contributed by atoms with E-state index in [9.17, 15) is 0 Å². The van der Waals surface area contributed by atoms with Gasteiger partial charge in [-0.1, -0.05) is 6.07 Å². The van der Waals surface area contributed by atoms with Gasteiger partial charge in [0.05, 0.1) is 6.54 Å². The van der Waals surface area contributed by atoms with Gasteiger partial charge in [-0.05, 0) is 30.2 Å². The minimum atomic E-state index is 0.562. The standard InChI is InChI=1S/C12H11N5/c1-8-14-7-15-12(16-8)17-11-3-2-9-5-13-6-10(9)4-11/h2-4,6-7H,5H2,1H3,(H,14,15,16,17). The zero-order valence-electron chi connectivity index (χ0n) is 9.38. The first kappa shape index (κ1) is 9.89. The third-order valence-corrected chi connectivity index (χ3v) is 2.59. The first-order valence-electron chi connectivity index (χ1n) is 5.37. The van der Waals surface area contributed by atoms with E-state index in [1.54, 1.807) is 0 Å². The van der Waals surface area contributed by atoms with E-state index in [0.717, 1.165) is 17.8 Å². The summed E-state index contributed by atoms with van der Waals surface area (Å²) < 4.78 is 0. The van der Waals surface area contributed by atoms with Gasteiger partial charge in [-0.25, -0.2) is 9.97 Å². The van der Waals surface area contributed by atoms with Crippen molar-refractivity contribution in [2.24, 2.45) is 4.99 Å². The van der Waals surface area contributed by atoms with Gasteiger partial charge in [-0.2, -0.15) is 4.98 Å². The van der Waals surface area contributed by atoms with Gasteiger partial charge in [-0.15, -0.1) is 0 Å². The van der Waals surface area contributed by atoms with Crippen LogP contribution in [0, 0.1) is 6.92 Å². The summed E-state index contributed by atoms with van der Waals surface area (Å²) in [6, 6.07) is 6.12. The van der Waals surface area contributed by atoms with Crippen molar-refractivity contribution in [3.63, 3.8) is 0 Å². The predicted molar refractivity (Wildman–Crippen MR) is 65.6 cm³/mol. The van der Waals surface area contributed by atoms with Crippen LogP contribution in [0.25, 0.3) is 0 Å². The maximum absolute atomic E-state index is 4.22. The van der Waals surface area contributed by atoms with Crippen molar-refractivity contribution in [3.8, 4) is 0 Å². The number of hydrogen-bond donors (Lipinski definition) is 1. The van der Waals surface area contributed by atoms with Crippen LogP contribution in [0.4, 0.5) is 11.6 Å². The Kier molecular flexibility index (Phi) is 2.29. The van der Waals surface area contributed by atoms with Crippen LogP contribution in [0.5, 0.6) is 0 Å². The number of benzene rings is 1. The van der Waals surface area contributed by atoms with E-state index in [2.05, 4.69) is 31.3 Å². The quantitative estimate of drug-likeness (QED) is 0.847. The molecule has 0 spiro atoms. The zero-order chi connectivity index (χ0) is 11.7. The maximum Gasteiger partial charge on any atom is 0.230 e. The van der Waals surface area contributed by atoms with E-state index in [4.69, 9.17) is 0 Å². The molecule has 1 aromatic heterocycles. The molecule has 0 saturated heterocycles. The summed E-state index contributed by atoms with van der Waals surface area (Å²) in [4.78, 5) is 16.4. The van der Waals surface area contributed by atoms with Gasteiger partial charge < -0.3 is 5.32 Å². The number of nitrogens with zero attached hydrogens (tertiary/aromatic N) is 4. The summed E-state index contributed by atoms with van der Waals surface area (Å²) in [6.45, 7) is 2.61. The van der Waals surface area contributed by atoms with Crippen LogP contribution in [0.15, 0.2) is 29.5 Å². The fourth-order valence-electron chi connectivity index (χ4n) is 1.75. The van der Waals surface area contributed by atoms with Gasteiger partial charge >= 0.3 is 0 Å². The van der Waals surface area contributed by atoms with E-state index in [1.165, 1.54) is 11.9 Å². The predicted octanol–water partition coefficient (Wildman–Crippen LogP) is 1.86. The van der Waals surface area contributed by atoms with E-state index in [0.29, 0.717) is 11.8 Å². The normalized spacial score (nSPS) is 12.5. The Bertz CT molecular complexity index is 591. The number of aryl methyl sites for hydroxylation is 1. The molecule has 0 amide bonds. The molecule has 1 aliphatic rings. The average molecular weight is 225 g/mol. The lowest BCUT2D eigenvalue weighted by atomic mass is 10.1. The molecule has 1 N–H and O–H groups in total. The van der Waals surface area contributed by atoms with Gasteiger partial charge in [0.2, 0.25) is 5.95 Å². The highest BCUT2D eigenvalue weighted by molar-refractivity contribution is 5.86. The molecule has 0 radical (unpaired) electrons. The molecule has 3 rings (SSSR count). The third-order valence-electron chi connectivity index (χ3n) is 2.59. The molecular formula is C12H11N5. The smallest absolute Gasteiger partial charge is 0.230 e. The van der Waals surface area contributed by atoms with E-state index < -0.39 is 0 Å². The Morgan fingerprint density at radius 3 is 3.06 bits per heavy atom. The molecule has 0 aliphatic carbocycles. The molecule has 1 aromatic carbocycles. The van der Waals surface area contributed by atoms with Crippen molar-refractivity contribution in [2.75, 3.05) is 5.32 Å². The molecule has 5 nitrogen and oxygen atoms in total. The second-order valence-corrected chi connectivity index (χ2v) is 3.86. The molecule has 0 unspecified atom stereocenters. The Hall–Kier alpha value is -2.30. The Morgan fingerprint density at radius 2 is 2.18 bits per heavy atom. The summed E-state index contributed by atoms with van der Waals surface area (Å²) in [5.41, 5.74) is 3.37. The zero-order valence-corrected chi connectivity index (χ0v) is 9.38. The molecule has 2 heterocycles. The van der Waals surface area contributed by atoms with Crippen LogP contribution in [0.3, 0.4) is 0 Å². The van der Waals surface area contributed by atoms with Gasteiger partial charge in [-0.3, -0.25) is 4.99 Å². The van der Waals surface area contributed by atoms with Crippen LogP contribution >= 0.6 is 0 Å². The molecule has 17 heavy (non-hydrogen) atoms. The van der Waals surface area contributed by atoms with Gasteiger partial charge in [0.15, 0.2) is 0 Å². The monoisotopic (exact) mass is 225 g/mol. The highest BCUT2D eigenvalue weighted by Crippen LogP contribution is 2.20. The second kappa shape index (κ2) is 3.93. The highest BCUT2D eigenvalue weighted by Gasteiger charge is 2.07. The van der Waals surface area contributed by atoms with Crippen molar-refractivity contribution in [3.05, 3.63) is 41.5 Å². The van der Waals surface area contributed by atoms with Crippen molar-refractivity contribution < 1.29 is 0 Å².